The third-order valence-corrected chi connectivity index (χ3v) is 5.85. The van der Waals surface area contributed by atoms with Gasteiger partial charge in [0.05, 0.1) is 23.1 Å². The normalized spacial score (nSPS) is 11.5. The molecule has 0 aliphatic carbocycles. The first-order chi connectivity index (χ1) is 15.0. The van der Waals surface area contributed by atoms with Gasteiger partial charge in [-0.15, -0.1) is 0 Å². The number of halogens is 1. The van der Waals surface area contributed by atoms with E-state index in [1.165, 1.54) is 5.56 Å². The van der Waals surface area contributed by atoms with Crippen molar-refractivity contribution in [3.63, 3.8) is 0 Å². The highest BCUT2D eigenvalue weighted by Gasteiger charge is 2.17. The van der Waals surface area contributed by atoms with Crippen molar-refractivity contribution in [2.75, 3.05) is 0 Å². The first kappa shape index (κ1) is 19.5. The molecule has 3 heterocycles. The quantitative estimate of drug-likeness (QED) is 0.391. The predicted octanol–water partition coefficient (Wildman–Crippen LogP) is 5.28. The lowest BCUT2D eigenvalue weighted by molar-refractivity contribution is 0.765. The fourth-order valence-electron chi connectivity index (χ4n) is 3.93. The summed E-state index contributed by atoms with van der Waals surface area (Å²) in [6.07, 6.45) is 4.26. The van der Waals surface area contributed by atoms with Crippen LogP contribution in [0.4, 0.5) is 0 Å². The Morgan fingerprint density at radius 1 is 1.00 bits per heavy atom. The Morgan fingerprint density at radius 3 is 2.45 bits per heavy atom. The Bertz CT molecular complexity index is 1460. The summed E-state index contributed by atoms with van der Waals surface area (Å²) in [4.78, 5) is 17.8. The van der Waals surface area contributed by atoms with Gasteiger partial charge in [0.15, 0.2) is 5.65 Å². The van der Waals surface area contributed by atoms with Crippen molar-refractivity contribution in [1.29, 1.82) is 0 Å². The first-order valence-electron chi connectivity index (χ1n) is 10.3. The fourth-order valence-corrected chi connectivity index (χ4v) is 4.05. The summed E-state index contributed by atoms with van der Waals surface area (Å²) >= 11 is 6.07. The SMILES string of the molecule is CCc1nn2c(ncc3c(=O)n(Cc4ccc(C)cc4)ccc32)c1-c1ccc(Cl)cc1. The Balaban J connectivity index is 1.67. The van der Waals surface area contributed by atoms with Gasteiger partial charge in [0.1, 0.15) is 0 Å². The molecule has 0 saturated heterocycles. The van der Waals surface area contributed by atoms with E-state index in [0.717, 1.165) is 40.0 Å². The van der Waals surface area contributed by atoms with Gasteiger partial charge in [-0.3, -0.25) is 4.79 Å². The lowest BCUT2D eigenvalue weighted by Crippen LogP contribution is -2.21. The molecule has 0 spiro atoms. The monoisotopic (exact) mass is 428 g/mol. The van der Waals surface area contributed by atoms with Crippen molar-refractivity contribution in [1.82, 2.24) is 19.2 Å². The maximum atomic E-state index is 13.2. The van der Waals surface area contributed by atoms with E-state index < -0.39 is 0 Å². The first-order valence-corrected chi connectivity index (χ1v) is 10.6. The highest BCUT2D eigenvalue weighted by molar-refractivity contribution is 6.30. The van der Waals surface area contributed by atoms with Crippen molar-refractivity contribution in [3.8, 4) is 11.1 Å². The number of hydrogen-bond acceptors (Lipinski definition) is 3. The number of nitrogens with zero attached hydrogens (tertiary/aromatic N) is 4. The van der Waals surface area contributed by atoms with Gasteiger partial charge in [0.25, 0.3) is 5.56 Å². The number of pyridine rings is 1. The van der Waals surface area contributed by atoms with Crippen LogP contribution < -0.4 is 5.56 Å². The van der Waals surface area contributed by atoms with Crippen LogP contribution in [0.3, 0.4) is 0 Å². The molecule has 3 aromatic heterocycles. The van der Waals surface area contributed by atoms with E-state index in [1.54, 1.807) is 15.3 Å². The summed E-state index contributed by atoms with van der Waals surface area (Å²) in [5.41, 5.74) is 6.62. The average molecular weight is 429 g/mol. The molecule has 154 valence electrons. The standard InChI is InChI=1S/C25H21ClN4O/c1-3-21-23(18-8-10-19(26)11-9-18)24-27-14-20-22(30(24)28-21)12-13-29(25(20)31)15-17-6-4-16(2)5-7-17/h4-14H,3,15H2,1-2H3. The van der Waals surface area contributed by atoms with Gasteiger partial charge < -0.3 is 4.57 Å². The number of benzene rings is 2. The van der Waals surface area contributed by atoms with Gasteiger partial charge in [-0.1, -0.05) is 60.5 Å². The molecule has 31 heavy (non-hydrogen) atoms. The van der Waals surface area contributed by atoms with Crippen LogP contribution in [0.2, 0.25) is 5.02 Å². The smallest absolute Gasteiger partial charge is 0.261 e. The molecule has 5 aromatic rings. The van der Waals surface area contributed by atoms with E-state index in [9.17, 15) is 4.79 Å². The summed E-state index contributed by atoms with van der Waals surface area (Å²) in [5.74, 6) is 0. The molecule has 5 rings (SSSR count). The van der Waals surface area contributed by atoms with Gasteiger partial charge >= 0.3 is 0 Å². The van der Waals surface area contributed by atoms with E-state index in [2.05, 4.69) is 31.0 Å². The van der Waals surface area contributed by atoms with E-state index in [0.29, 0.717) is 17.0 Å². The van der Waals surface area contributed by atoms with Crippen molar-refractivity contribution in [2.45, 2.75) is 26.8 Å². The van der Waals surface area contributed by atoms with Crippen LogP contribution in [0.5, 0.6) is 0 Å². The highest BCUT2D eigenvalue weighted by atomic mass is 35.5. The minimum absolute atomic E-state index is 0.0749. The Kier molecular flexibility index (Phi) is 4.83. The zero-order valence-corrected chi connectivity index (χ0v) is 18.1. The van der Waals surface area contributed by atoms with Crippen molar-refractivity contribution in [3.05, 3.63) is 99.2 Å². The number of aryl methyl sites for hydroxylation is 2. The third kappa shape index (κ3) is 3.41. The maximum Gasteiger partial charge on any atom is 0.261 e. The van der Waals surface area contributed by atoms with E-state index in [4.69, 9.17) is 16.7 Å². The number of fused-ring (bicyclic) bond motifs is 3. The van der Waals surface area contributed by atoms with Gasteiger partial charge in [-0.25, -0.2) is 9.50 Å². The topological polar surface area (TPSA) is 52.2 Å². The summed E-state index contributed by atoms with van der Waals surface area (Å²) < 4.78 is 3.50. The second-order valence-corrected chi connectivity index (χ2v) is 8.15. The van der Waals surface area contributed by atoms with Gasteiger partial charge in [0.2, 0.25) is 0 Å². The van der Waals surface area contributed by atoms with E-state index >= 15 is 0 Å². The largest absolute Gasteiger partial charge is 0.310 e. The molecule has 0 fully saturated rings. The molecule has 0 aliphatic heterocycles. The molecular formula is C25H21ClN4O. The van der Waals surface area contributed by atoms with Crippen LogP contribution in [0, 0.1) is 6.92 Å². The fraction of sp³-hybridized carbons (Fsp3) is 0.160. The molecular weight excluding hydrogens is 408 g/mol. The lowest BCUT2D eigenvalue weighted by Gasteiger charge is -2.09. The molecule has 2 aromatic carbocycles. The van der Waals surface area contributed by atoms with Crippen molar-refractivity contribution < 1.29 is 0 Å². The van der Waals surface area contributed by atoms with Crippen molar-refractivity contribution in [2.24, 2.45) is 0 Å². The zero-order valence-electron chi connectivity index (χ0n) is 17.3. The predicted molar refractivity (Wildman–Crippen MR) is 125 cm³/mol. The zero-order chi connectivity index (χ0) is 21.5. The molecule has 0 atom stereocenters. The van der Waals surface area contributed by atoms with Crippen LogP contribution in [-0.4, -0.2) is 19.2 Å². The average Bonchev–Trinajstić information content (AvgIpc) is 3.17. The van der Waals surface area contributed by atoms with Gasteiger partial charge in [-0.2, -0.15) is 5.10 Å². The van der Waals surface area contributed by atoms with Gasteiger partial charge in [0, 0.05) is 23.0 Å². The molecule has 0 aliphatic rings. The van der Waals surface area contributed by atoms with Crippen LogP contribution in [-0.2, 0) is 13.0 Å². The number of hydrogen-bond donors (Lipinski definition) is 0. The Labute approximate surface area is 184 Å². The molecule has 5 nitrogen and oxygen atoms in total. The minimum Gasteiger partial charge on any atom is -0.310 e. The summed E-state index contributed by atoms with van der Waals surface area (Å²) in [7, 11) is 0. The molecule has 0 amide bonds. The van der Waals surface area contributed by atoms with Crippen LogP contribution in [0.15, 0.2) is 71.8 Å². The molecule has 0 unspecified atom stereocenters. The molecule has 0 bridgehead atoms. The second kappa shape index (κ2) is 7.67. The second-order valence-electron chi connectivity index (χ2n) is 7.71. The summed E-state index contributed by atoms with van der Waals surface area (Å²) in [6.45, 7) is 4.64. The van der Waals surface area contributed by atoms with Crippen LogP contribution in [0.25, 0.3) is 27.7 Å². The number of rotatable bonds is 4. The molecule has 6 heteroatoms. The van der Waals surface area contributed by atoms with E-state index in [-0.39, 0.29) is 5.56 Å². The molecule has 0 saturated carbocycles. The maximum absolute atomic E-state index is 13.2. The highest BCUT2D eigenvalue weighted by Crippen LogP contribution is 2.30. The molecule has 0 radical (unpaired) electrons. The third-order valence-electron chi connectivity index (χ3n) is 5.60. The van der Waals surface area contributed by atoms with Crippen LogP contribution >= 0.6 is 11.6 Å². The summed E-state index contributed by atoms with van der Waals surface area (Å²) in [6, 6.07) is 17.8. The van der Waals surface area contributed by atoms with Crippen molar-refractivity contribution >= 4 is 28.2 Å². The summed E-state index contributed by atoms with van der Waals surface area (Å²) in [5, 5.41) is 6.03. The Morgan fingerprint density at radius 2 is 1.74 bits per heavy atom. The van der Waals surface area contributed by atoms with Crippen LogP contribution in [0.1, 0.15) is 23.7 Å². The van der Waals surface area contributed by atoms with Gasteiger partial charge in [-0.05, 0) is 42.7 Å². The Hall–Kier alpha value is -3.44. The van der Waals surface area contributed by atoms with E-state index in [1.807, 2.05) is 48.7 Å². The number of aromatic nitrogens is 4. The minimum atomic E-state index is -0.0749. The molecule has 0 N–H and O–H groups in total. The lowest BCUT2D eigenvalue weighted by atomic mass is 10.0.